The first-order chi connectivity index (χ1) is 12.6. The minimum absolute atomic E-state index is 0.0332. The molecule has 0 unspecified atom stereocenters. The van der Waals surface area contributed by atoms with Crippen molar-refractivity contribution in [2.24, 2.45) is 7.05 Å². The summed E-state index contributed by atoms with van der Waals surface area (Å²) in [5.41, 5.74) is 4.30. The van der Waals surface area contributed by atoms with Gasteiger partial charge in [0.15, 0.2) is 0 Å². The molecule has 0 saturated heterocycles. The van der Waals surface area contributed by atoms with E-state index in [0.29, 0.717) is 6.42 Å². The minimum Gasteiger partial charge on any atom is -0.350 e. The van der Waals surface area contributed by atoms with Crippen LogP contribution in [-0.2, 0) is 18.3 Å². The summed E-state index contributed by atoms with van der Waals surface area (Å²) in [5.74, 6) is 0.815. The monoisotopic (exact) mass is 346 g/mol. The second-order valence-corrected chi connectivity index (χ2v) is 6.71. The van der Waals surface area contributed by atoms with Gasteiger partial charge in [-0.05, 0) is 37.1 Å². The topological polar surface area (TPSA) is 62.7 Å². The van der Waals surface area contributed by atoms with Gasteiger partial charge in [-0.15, -0.1) is 0 Å². The SMILES string of the molecule is C[C@@H](NC(=O)CCc1cn(C)c2ccccc12)c1nc2ccccc2[nH]1. The van der Waals surface area contributed by atoms with Crippen LogP contribution in [0.4, 0.5) is 0 Å². The van der Waals surface area contributed by atoms with E-state index in [1.54, 1.807) is 0 Å². The molecule has 2 aromatic heterocycles. The van der Waals surface area contributed by atoms with Crippen molar-refractivity contribution < 1.29 is 4.79 Å². The number of fused-ring (bicyclic) bond motifs is 2. The lowest BCUT2D eigenvalue weighted by molar-refractivity contribution is -0.121. The lowest BCUT2D eigenvalue weighted by atomic mass is 10.1. The molecule has 0 saturated carbocycles. The molecule has 2 N–H and O–H groups in total. The zero-order valence-electron chi connectivity index (χ0n) is 15.0. The molecule has 1 atom stereocenters. The van der Waals surface area contributed by atoms with Gasteiger partial charge in [0.1, 0.15) is 5.82 Å². The molecule has 0 spiro atoms. The predicted molar refractivity (Wildman–Crippen MR) is 104 cm³/mol. The van der Waals surface area contributed by atoms with Gasteiger partial charge in [-0.1, -0.05) is 30.3 Å². The largest absolute Gasteiger partial charge is 0.350 e. The Bertz CT molecular complexity index is 1040. The summed E-state index contributed by atoms with van der Waals surface area (Å²) >= 11 is 0. The molecule has 5 heteroatoms. The summed E-state index contributed by atoms with van der Waals surface area (Å²) in [6.45, 7) is 1.95. The van der Waals surface area contributed by atoms with Crippen LogP contribution in [0.3, 0.4) is 0 Å². The highest BCUT2D eigenvalue weighted by Gasteiger charge is 2.14. The number of benzene rings is 2. The molecule has 4 aromatic rings. The normalized spacial score (nSPS) is 12.5. The molecule has 1 amide bonds. The fourth-order valence-electron chi connectivity index (χ4n) is 3.43. The first-order valence-corrected chi connectivity index (χ1v) is 8.89. The Morgan fingerprint density at radius 3 is 2.81 bits per heavy atom. The van der Waals surface area contributed by atoms with Crippen molar-refractivity contribution in [3.05, 3.63) is 66.1 Å². The third-order valence-corrected chi connectivity index (χ3v) is 4.80. The van der Waals surface area contributed by atoms with Crippen LogP contribution >= 0.6 is 0 Å². The van der Waals surface area contributed by atoms with E-state index < -0.39 is 0 Å². The Kier molecular flexibility index (Phi) is 4.21. The van der Waals surface area contributed by atoms with E-state index in [-0.39, 0.29) is 11.9 Å². The third kappa shape index (κ3) is 3.08. The summed E-state index contributed by atoms with van der Waals surface area (Å²) in [5, 5.41) is 4.26. The maximum Gasteiger partial charge on any atom is 0.220 e. The van der Waals surface area contributed by atoms with Crippen LogP contribution in [0.5, 0.6) is 0 Å². The number of rotatable bonds is 5. The van der Waals surface area contributed by atoms with Crippen molar-refractivity contribution in [3.63, 3.8) is 0 Å². The number of nitrogens with one attached hydrogen (secondary N) is 2. The molecule has 0 bridgehead atoms. The van der Waals surface area contributed by atoms with Crippen LogP contribution < -0.4 is 5.32 Å². The Morgan fingerprint density at radius 2 is 1.96 bits per heavy atom. The number of hydrogen-bond acceptors (Lipinski definition) is 2. The van der Waals surface area contributed by atoms with Crippen LogP contribution in [0.25, 0.3) is 21.9 Å². The molecule has 0 aliphatic rings. The predicted octanol–water partition coefficient (Wildman–Crippen LogP) is 3.86. The highest BCUT2D eigenvalue weighted by molar-refractivity contribution is 5.85. The fourth-order valence-corrected chi connectivity index (χ4v) is 3.43. The molecule has 0 aliphatic carbocycles. The summed E-state index contributed by atoms with van der Waals surface area (Å²) in [6, 6.07) is 16.0. The number of imidazole rings is 1. The number of aromatic amines is 1. The number of nitrogens with zero attached hydrogens (tertiary/aromatic N) is 2. The molecule has 0 aliphatic heterocycles. The minimum atomic E-state index is -0.151. The Morgan fingerprint density at radius 1 is 1.19 bits per heavy atom. The fraction of sp³-hybridized carbons (Fsp3) is 0.238. The van der Waals surface area contributed by atoms with Crippen molar-refractivity contribution in [1.82, 2.24) is 19.9 Å². The summed E-state index contributed by atoms with van der Waals surface area (Å²) in [4.78, 5) is 20.2. The Balaban J connectivity index is 1.41. The van der Waals surface area contributed by atoms with E-state index in [1.165, 1.54) is 16.5 Å². The lowest BCUT2D eigenvalue weighted by Gasteiger charge is -2.11. The van der Waals surface area contributed by atoms with Gasteiger partial charge >= 0.3 is 0 Å². The molecule has 132 valence electrons. The van der Waals surface area contributed by atoms with Crippen LogP contribution in [0.1, 0.15) is 30.8 Å². The van der Waals surface area contributed by atoms with Gasteiger partial charge in [0.25, 0.3) is 0 Å². The number of H-pyrrole nitrogens is 1. The van der Waals surface area contributed by atoms with Crippen LogP contribution in [0.2, 0.25) is 0 Å². The van der Waals surface area contributed by atoms with Gasteiger partial charge in [-0.3, -0.25) is 4.79 Å². The summed E-state index contributed by atoms with van der Waals surface area (Å²) < 4.78 is 2.11. The van der Waals surface area contributed by atoms with E-state index in [9.17, 15) is 4.79 Å². The van der Waals surface area contributed by atoms with Gasteiger partial charge in [0, 0.05) is 30.6 Å². The highest BCUT2D eigenvalue weighted by Crippen LogP contribution is 2.21. The maximum atomic E-state index is 12.4. The number of aromatic nitrogens is 3. The highest BCUT2D eigenvalue weighted by atomic mass is 16.1. The van der Waals surface area contributed by atoms with Gasteiger partial charge in [-0.2, -0.15) is 0 Å². The van der Waals surface area contributed by atoms with E-state index >= 15 is 0 Å². The standard InChI is InChI=1S/C21H22N4O/c1-14(21-23-17-8-4-5-9-18(17)24-21)22-20(26)12-11-15-13-25(2)19-10-6-3-7-16(15)19/h3-10,13-14H,11-12H2,1-2H3,(H,22,26)(H,23,24)/t14-/m1/s1. The van der Waals surface area contributed by atoms with Gasteiger partial charge in [0.2, 0.25) is 5.91 Å². The molecule has 2 heterocycles. The van der Waals surface area contributed by atoms with Crippen LogP contribution in [0.15, 0.2) is 54.7 Å². The van der Waals surface area contributed by atoms with Crippen LogP contribution in [-0.4, -0.2) is 20.4 Å². The van der Waals surface area contributed by atoms with Crippen molar-refractivity contribution in [2.45, 2.75) is 25.8 Å². The Labute approximate surface area is 152 Å². The molecular formula is C21H22N4O. The molecule has 0 fully saturated rings. The molecule has 2 aromatic carbocycles. The summed E-state index contributed by atoms with van der Waals surface area (Å²) in [7, 11) is 2.04. The average Bonchev–Trinajstić information content (AvgIpc) is 3.22. The molecular weight excluding hydrogens is 324 g/mol. The number of hydrogen-bond donors (Lipinski definition) is 2. The van der Waals surface area contributed by atoms with E-state index in [1.807, 2.05) is 50.4 Å². The van der Waals surface area contributed by atoms with E-state index in [4.69, 9.17) is 0 Å². The van der Waals surface area contributed by atoms with Crippen LogP contribution in [0, 0.1) is 0 Å². The summed E-state index contributed by atoms with van der Waals surface area (Å²) in [6.07, 6.45) is 3.29. The number of carbonyl (C=O) groups is 1. The number of aryl methyl sites for hydroxylation is 2. The molecule has 5 nitrogen and oxygen atoms in total. The van der Waals surface area contributed by atoms with E-state index in [0.717, 1.165) is 23.3 Å². The van der Waals surface area contributed by atoms with Crippen molar-refractivity contribution in [3.8, 4) is 0 Å². The first-order valence-electron chi connectivity index (χ1n) is 8.89. The van der Waals surface area contributed by atoms with Gasteiger partial charge in [-0.25, -0.2) is 4.98 Å². The zero-order valence-corrected chi connectivity index (χ0v) is 15.0. The average molecular weight is 346 g/mol. The van der Waals surface area contributed by atoms with Crippen molar-refractivity contribution in [1.29, 1.82) is 0 Å². The van der Waals surface area contributed by atoms with E-state index in [2.05, 4.69) is 38.2 Å². The van der Waals surface area contributed by atoms with Crippen molar-refractivity contribution >= 4 is 27.8 Å². The third-order valence-electron chi connectivity index (χ3n) is 4.80. The van der Waals surface area contributed by atoms with Gasteiger partial charge in [0.05, 0.1) is 17.1 Å². The molecule has 4 rings (SSSR count). The maximum absolute atomic E-state index is 12.4. The smallest absolute Gasteiger partial charge is 0.220 e. The van der Waals surface area contributed by atoms with Crippen molar-refractivity contribution in [2.75, 3.05) is 0 Å². The second kappa shape index (κ2) is 6.67. The number of carbonyl (C=O) groups excluding carboxylic acids is 1. The molecule has 0 radical (unpaired) electrons. The second-order valence-electron chi connectivity index (χ2n) is 6.71. The first kappa shape index (κ1) is 16.4. The molecule has 26 heavy (non-hydrogen) atoms. The quantitative estimate of drug-likeness (QED) is 0.576. The number of amides is 1. The van der Waals surface area contributed by atoms with Gasteiger partial charge < -0.3 is 14.9 Å². The number of para-hydroxylation sites is 3. The zero-order chi connectivity index (χ0) is 18.1. The lowest BCUT2D eigenvalue weighted by Crippen LogP contribution is -2.27. The Hall–Kier alpha value is -3.08.